The Kier molecular flexibility index (Phi) is 8.15. The van der Waals surface area contributed by atoms with Crippen molar-refractivity contribution >= 4 is 27.6 Å². The summed E-state index contributed by atoms with van der Waals surface area (Å²) >= 11 is 0. The molecule has 228 valence electrons. The summed E-state index contributed by atoms with van der Waals surface area (Å²) < 4.78 is 10.3. The third kappa shape index (κ3) is 5.53. The van der Waals surface area contributed by atoms with Crippen molar-refractivity contribution in [3.8, 4) is 34.1 Å². The van der Waals surface area contributed by atoms with E-state index in [1.807, 2.05) is 79.9 Å². The molecule has 0 atom stereocenters. The van der Waals surface area contributed by atoms with Crippen LogP contribution in [0, 0.1) is 32.6 Å². The van der Waals surface area contributed by atoms with E-state index in [-0.39, 0.29) is 26.5 Å². The minimum absolute atomic E-state index is 0. The second-order valence-corrected chi connectivity index (χ2v) is 12.3. The number of nitrogens with zero attached hydrogens (tertiary/aromatic N) is 5. The van der Waals surface area contributed by atoms with Crippen molar-refractivity contribution in [3.05, 3.63) is 138 Å². The van der Waals surface area contributed by atoms with Gasteiger partial charge in [-0.25, -0.2) is 4.98 Å². The average Bonchev–Trinajstić information content (AvgIpc) is 3.55. The van der Waals surface area contributed by atoms with Gasteiger partial charge in [-0.05, 0) is 54.0 Å². The summed E-state index contributed by atoms with van der Waals surface area (Å²) in [6, 6.07) is 37.3. The fourth-order valence-electron chi connectivity index (χ4n) is 5.79. The smallest absolute Gasteiger partial charge is 0.509 e. The standard InChI is InChI=1S/C39H31N5O.Pt/c1-25-18-19-41-36(20-25)43-34-15-11-10-14-32(34)33-17-16-30(24-35(33)43)45-31-22-28(39(3,4)5)21-29(23-31)44-38(40-6)37(26(2)42-44)27-12-8-7-9-13-27;/h7-22H,1-5H3;/q-2;+2. The molecule has 0 aliphatic carbocycles. The Bertz CT molecular complexity index is 2270. The SMILES string of the molecule is [C-]#[N+]c1c(-c2ccccc2)c(C)nn1-c1[c-]c(Oc2[c-]c3c(cc2)c2ccccc2n3-c2cc(C)ccn2)cc(C(C)(C)C)c1.[Pt+2]. The van der Waals surface area contributed by atoms with Gasteiger partial charge in [0.05, 0.1) is 5.69 Å². The Morgan fingerprint density at radius 2 is 1.59 bits per heavy atom. The van der Waals surface area contributed by atoms with Crippen LogP contribution >= 0.6 is 0 Å². The molecule has 6 nitrogen and oxygen atoms in total. The van der Waals surface area contributed by atoms with Crippen LogP contribution in [0.1, 0.15) is 37.6 Å². The Morgan fingerprint density at radius 1 is 0.826 bits per heavy atom. The number of aromatic nitrogens is 4. The Morgan fingerprint density at radius 3 is 2.33 bits per heavy atom. The minimum Gasteiger partial charge on any atom is -0.509 e. The maximum absolute atomic E-state index is 8.08. The van der Waals surface area contributed by atoms with Crippen molar-refractivity contribution in [1.29, 1.82) is 0 Å². The van der Waals surface area contributed by atoms with Gasteiger partial charge in [-0.15, -0.1) is 40.3 Å². The van der Waals surface area contributed by atoms with Crippen LogP contribution in [0.2, 0.25) is 0 Å². The van der Waals surface area contributed by atoms with E-state index in [0.717, 1.165) is 55.6 Å². The molecule has 0 fully saturated rings. The molecule has 0 radical (unpaired) electrons. The normalized spacial score (nSPS) is 11.4. The molecule has 0 aliphatic heterocycles. The second-order valence-electron chi connectivity index (χ2n) is 12.3. The van der Waals surface area contributed by atoms with Gasteiger partial charge in [0, 0.05) is 34.5 Å². The third-order valence-electron chi connectivity index (χ3n) is 8.04. The molecular formula is C39H31N5OPt. The van der Waals surface area contributed by atoms with Crippen molar-refractivity contribution in [3.63, 3.8) is 0 Å². The first kappa shape index (κ1) is 31.0. The molecule has 4 aromatic carbocycles. The predicted molar refractivity (Wildman–Crippen MR) is 180 cm³/mol. The topological polar surface area (TPSA) is 49.2 Å². The van der Waals surface area contributed by atoms with E-state index in [4.69, 9.17) is 16.4 Å². The Labute approximate surface area is 283 Å². The van der Waals surface area contributed by atoms with Gasteiger partial charge < -0.3 is 14.1 Å². The molecule has 0 saturated heterocycles. The molecule has 0 N–H and O–H groups in total. The molecule has 0 amide bonds. The summed E-state index contributed by atoms with van der Waals surface area (Å²) in [6.45, 7) is 18.5. The number of aryl methyl sites for hydroxylation is 2. The van der Waals surface area contributed by atoms with Crippen LogP contribution in [-0.2, 0) is 26.5 Å². The zero-order chi connectivity index (χ0) is 31.3. The second kappa shape index (κ2) is 12.1. The van der Waals surface area contributed by atoms with Crippen molar-refractivity contribution in [1.82, 2.24) is 19.3 Å². The van der Waals surface area contributed by atoms with Gasteiger partial charge in [-0.3, -0.25) is 0 Å². The summed E-state index contributed by atoms with van der Waals surface area (Å²) in [5.41, 5.74) is 7.10. The fraction of sp³-hybridized carbons (Fsp3) is 0.154. The maximum Gasteiger partial charge on any atom is 2.00 e. The molecule has 7 rings (SSSR count). The number of benzene rings is 4. The van der Waals surface area contributed by atoms with Gasteiger partial charge in [0.15, 0.2) is 0 Å². The molecule has 0 bridgehead atoms. The van der Waals surface area contributed by atoms with E-state index < -0.39 is 0 Å². The number of fused-ring (bicyclic) bond motifs is 3. The summed E-state index contributed by atoms with van der Waals surface area (Å²) in [4.78, 5) is 8.61. The van der Waals surface area contributed by atoms with Gasteiger partial charge in [0.1, 0.15) is 5.82 Å². The third-order valence-corrected chi connectivity index (χ3v) is 8.04. The molecule has 0 spiro atoms. The first-order valence-corrected chi connectivity index (χ1v) is 14.9. The summed E-state index contributed by atoms with van der Waals surface area (Å²) in [5.74, 6) is 2.34. The van der Waals surface area contributed by atoms with Crippen LogP contribution in [0.4, 0.5) is 5.82 Å². The predicted octanol–water partition coefficient (Wildman–Crippen LogP) is 9.89. The molecule has 46 heavy (non-hydrogen) atoms. The van der Waals surface area contributed by atoms with Crippen molar-refractivity contribution in [2.24, 2.45) is 0 Å². The number of hydrogen-bond donors (Lipinski definition) is 0. The molecule has 0 unspecified atom stereocenters. The van der Waals surface area contributed by atoms with E-state index >= 15 is 0 Å². The van der Waals surface area contributed by atoms with Crippen molar-refractivity contribution in [2.75, 3.05) is 0 Å². The number of pyridine rings is 1. The van der Waals surface area contributed by atoms with E-state index in [1.165, 1.54) is 0 Å². The van der Waals surface area contributed by atoms with Crippen LogP contribution in [0.25, 0.3) is 49.3 Å². The molecule has 7 aromatic rings. The molecule has 0 saturated carbocycles. The van der Waals surface area contributed by atoms with Crippen molar-refractivity contribution in [2.45, 2.75) is 40.0 Å². The fourth-order valence-corrected chi connectivity index (χ4v) is 5.79. The number of ether oxygens (including phenoxy) is 1. The van der Waals surface area contributed by atoms with Gasteiger partial charge in [0.25, 0.3) is 5.82 Å². The average molecular weight is 781 g/mol. The van der Waals surface area contributed by atoms with E-state index in [0.29, 0.717) is 23.0 Å². The van der Waals surface area contributed by atoms with Crippen LogP contribution in [0.3, 0.4) is 0 Å². The van der Waals surface area contributed by atoms with E-state index in [1.54, 1.807) is 4.68 Å². The van der Waals surface area contributed by atoms with Crippen molar-refractivity contribution < 1.29 is 25.8 Å². The first-order valence-electron chi connectivity index (χ1n) is 14.9. The molecular weight excluding hydrogens is 750 g/mol. The van der Waals surface area contributed by atoms with E-state index in [9.17, 15) is 0 Å². The Hall–Kier alpha value is -4.98. The maximum atomic E-state index is 8.08. The number of hydrogen-bond acceptors (Lipinski definition) is 3. The quantitative estimate of drug-likeness (QED) is 0.164. The van der Waals surface area contributed by atoms with Gasteiger partial charge in [-0.2, -0.15) is 10.7 Å². The van der Waals surface area contributed by atoms with Gasteiger partial charge in [0.2, 0.25) is 0 Å². The summed E-state index contributed by atoms with van der Waals surface area (Å²) in [6.07, 6.45) is 1.83. The monoisotopic (exact) mass is 780 g/mol. The summed E-state index contributed by atoms with van der Waals surface area (Å²) in [7, 11) is 0. The number of para-hydroxylation sites is 1. The molecule has 3 aromatic heterocycles. The first-order chi connectivity index (χ1) is 21.7. The molecule has 7 heteroatoms. The summed E-state index contributed by atoms with van der Waals surface area (Å²) in [5, 5.41) is 7.00. The number of rotatable bonds is 5. The zero-order valence-corrected chi connectivity index (χ0v) is 28.5. The van der Waals surface area contributed by atoms with Crippen LogP contribution in [-0.4, -0.2) is 19.3 Å². The zero-order valence-electron chi connectivity index (χ0n) is 26.2. The van der Waals surface area contributed by atoms with Crippen LogP contribution < -0.4 is 4.74 Å². The Balaban J connectivity index is 0.00000372. The van der Waals surface area contributed by atoms with Gasteiger partial charge >= 0.3 is 21.1 Å². The van der Waals surface area contributed by atoms with Crippen LogP contribution in [0.5, 0.6) is 11.5 Å². The van der Waals surface area contributed by atoms with Gasteiger partial charge in [-0.1, -0.05) is 87.5 Å². The molecule has 0 aliphatic rings. The minimum atomic E-state index is -0.193. The molecule has 3 heterocycles. The van der Waals surface area contributed by atoms with E-state index in [2.05, 4.69) is 78.5 Å². The largest absolute Gasteiger partial charge is 2.00 e. The van der Waals surface area contributed by atoms with Crippen LogP contribution in [0.15, 0.2) is 97.2 Å².